The standard InChI is InChI=1S/C24H27FN4O5/c1-17(30)26-15-20-16-28(24(32)34-20)19-7-8-22(21(25)14-19)27-9-10-29(33-12-11-27)23(31)13-18-5-3-2-4-6-18/h2-8,14,20H,9-13,15-16H2,1H3,(H,26,30)/t20-/m0/s1. The van der Waals surface area contributed by atoms with Crippen molar-refractivity contribution in [1.82, 2.24) is 10.4 Å². The molecular weight excluding hydrogens is 443 g/mol. The van der Waals surface area contributed by atoms with Gasteiger partial charge in [0.15, 0.2) is 0 Å². The number of carbonyl (C=O) groups excluding carboxylic acids is 3. The first-order chi connectivity index (χ1) is 16.4. The average molecular weight is 471 g/mol. The van der Waals surface area contributed by atoms with Crippen LogP contribution in [0.2, 0.25) is 0 Å². The first kappa shape index (κ1) is 23.5. The second-order valence-electron chi connectivity index (χ2n) is 8.17. The second-order valence-corrected chi connectivity index (χ2v) is 8.17. The molecule has 2 fully saturated rings. The predicted octanol–water partition coefficient (Wildman–Crippen LogP) is 2.11. The van der Waals surface area contributed by atoms with Gasteiger partial charge in [-0.05, 0) is 23.8 Å². The lowest BCUT2D eigenvalue weighted by molar-refractivity contribution is -0.181. The number of rotatable bonds is 6. The van der Waals surface area contributed by atoms with E-state index in [0.717, 1.165) is 5.56 Å². The van der Waals surface area contributed by atoms with Crippen LogP contribution in [0.3, 0.4) is 0 Å². The van der Waals surface area contributed by atoms with Crippen LogP contribution in [0.5, 0.6) is 0 Å². The van der Waals surface area contributed by atoms with Gasteiger partial charge >= 0.3 is 6.09 Å². The molecule has 0 spiro atoms. The highest BCUT2D eigenvalue weighted by Crippen LogP contribution is 2.28. The fraction of sp³-hybridized carbons (Fsp3) is 0.375. The van der Waals surface area contributed by atoms with E-state index in [1.54, 1.807) is 12.1 Å². The molecule has 0 aromatic heterocycles. The highest BCUT2D eigenvalue weighted by Gasteiger charge is 2.33. The molecule has 0 radical (unpaired) electrons. The van der Waals surface area contributed by atoms with Crippen LogP contribution in [0, 0.1) is 5.82 Å². The van der Waals surface area contributed by atoms with Crippen LogP contribution in [0.1, 0.15) is 12.5 Å². The summed E-state index contributed by atoms with van der Waals surface area (Å²) in [5.74, 6) is -0.850. The van der Waals surface area contributed by atoms with Crippen molar-refractivity contribution in [2.24, 2.45) is 0 Å². The van der Waals surface area contributed by atoms with E-state index < -0.39 is 18.0 Å². The maximum Gasteiger partial charge on any atom is 0.414 e. The van der Waals surface area contributed by atoms with Crippen LogP contribution in [-0.2, 0) is 25.6 Å². The van der Waals surface area contributed by atoms with Crippen molar-refractivity contribution in [2.75, 3.05) is 49.1 Å². The number of halogens is 1. The van der Waals surface area contributed by atoms with E-state index in [1.165, 1.54) is 23.0 Å². The van der Waals surface area contributed by atoms with E-state index in [9.17, 15) is 14.4 Å². The summed E-state index contributed by atoms with van der Waals surface area (Å²) in [5, 5.41) is 3.95. The highest BCUT2D eigenvalue weighted by atomic mass is 19.1. The number of anilines is 2. The van der Waals surface area contributed by atoms with Gasteiger partial charge in [0.1, 0.15) is 11.9 Å². The summed E-state index contributed by atoms with van der Waals surface area (Å²) in [5.41, 5.74) is 1.65. The number of ether oxygens (including phenoxy) is 1. The molecule has 180 valence electrons. The highest BCUT2D eigenvalue weighted by molar-refractivity contribution is 5.90. The van der Waals surface area contributed by atoms with Gasteiger partial charge in [-0.3, -0.25) is 19.3 Å². The molecule has 2 saturated heterocycles. The minimum absolute atomic E-state index is 0.148. The molecule has 3 amide bonds. The molecule has 4 rings (SSSR count). The molecule has 2 aromatic carbocycles. The Balaban J connectivity index is 1.37. The number of hydrogen-bond acceptors (Lipinski definition) is 6. The van der Waals surface area contributed by atoms with Crippen LogP contribution in [0.25, 0.3) is 0 Å². The molecule has 2 aromatic rings. The smallest absolute Gasteiger partial charge is 0.414 e. The summed E-state index contributed by atoms with van der Waals surface area (Å²) >= 11 is 0. The average Bonchev–Trinajstić information content (AvgIpc) is 3.02. The van der Waals surface area contributed by atoms with Gasteiger partial charge in [0.2, 0.25) is 5.91 Å². The monoisotopic (exact) mass is 470 g/mol. The van der Waals surface area contributed by atoms with Crippen LogP contribution in [0.15, 0.2) is 48.5 Å². The quantitative estimate of drug-likeness (QED) is 0.696. The van der Waals surface area contributed by atoms with Crippen molar-refractivity contribution in [1.29, 1.82) is 0 Å². The van der Waals surface area contributed by atoms with Crippen molar-refractivity contribution in [3.8, 4) is 0 Å². The molecule has 0 saturated carbocycles. The lowest BCUT2D eigenvalue weighted by Gasteiger charge is -2.24. The van der Waals surface area contributed by atoms with E-state index in [0.29, 0.717) is 31.0 Å². The fourth-order valence-electron chi connectivity index (χ4n) is 3.96. The summed E-state index contributed by atoms with van der Waals surface area (Å²) in [7, 11) is 0. The van der Waals surface area contributed by atoms with Crippen LogP contribution in [0.4, 0.5) is 20.6 Å². The summed E-state index contributed by atoms with van der Waals surface area (Å²) in [4.78, 5) is 44.7. The molecule has 2 heterocycles. The lowest BCUT2D eigenvalue weighted by Crippen LogP contribution is -2.35. The summed E-state index contributed by atoms with van der Waals surface area (Å²) in [6, 6.07) is 14.0. The van der Waals surface area contributed by atoms with Gasteiger partial charge in [-0.25, -0.2) is 14.2 Å². The van der Waals surface area contributed by atoms with Crippen molar-refractivity contribution in [3.63, 3.8) is 0 Å². The van der Waals surface area contributed by atoms with Gasteiger partial charge < -0.3 is 15.0 Å². The van der Waals surface area contributed by atoms with Crippen LogP contribution < -0.4 is 15.1 Å². The van der Waals surface area contributed by atoms with E-state index in [1.807, 2.05) is 35.2 Å². The number of hydroxylamine groups is 2. The normalized spacial score (nSPS) is 18.5. The van der Waals surface area contributed by atoms with Crippen molar-refractivity contribution >= 4 is 29.3 Å². The number of cyclic esters (lactones) is 1. The number of nitrogens with one attached hydrogen (secondary N) is 1. The molecule has 10 heteroatoms. The molecule has 1 N–H and O–H groups in total. The molecule has 9 nitrogen and oxygen atoms in total. The van der Waals surface area contributed by atoms with Gasteiger partial charge in [-0.15, -0.1) is 0 Å². The number of amides is 3. The van der Waals surface area contributed by atoms with E-state index in [-0.39, 0.29) is 37.9 Å². The van der Waals surface area contributed by atoms with Gasteiger partial charge in [-0.1, -0.05) is 30.3 Å². The Hall–Kier alpha value is -3.66. The molecule has 1 atom stereocenters. The minimum Gasteiger partial charge on any atom is -0.442 e. The maximum atomic E-state index is 15.0. The second kappa shape index (κ2) is 10.5. The Bertz CT molecular complexity index is 1050. The Morgan fingerprint density at radius 1 is 1.12 bits per heavy atom. The van der Waals surface area contributed by atoms with Gasteiger partial charge in [0, 0.05) is 20.0 Å². The Morgan fingerprint density at radius 2 is 1.91 bits per heavy atom. The fourth-order valence-corrected chi connectivity index (χ4v) is 3.96. The van der Waals surface area contributed by atoms with Gasteiger partial charge in [0.25, 0.3) is 5.91 Å². The Morgan fingerprint density at radius 3 is 2.65 bits per heavy atom. The first-order valence-electron chi connectivity index (χ1n) is 11.1. The molecular formula is C24H27FN4O5. The predicted molar refractivity (Wildman–Crippen MR) is 123 cm³/mol. The Labute approximate surface area is 197 Å². The number of carbonyl (C=O) groups is 3. The largest absolute Gasteiger partial charge is 0.442 e. The lowest BCUT2D eigenvalue weighted by atomic mass is 10.1. The third-order valence-corrected chi connectivity index (χ3v) is 5.69. The van der Waals surface area contributed by atoms with Crippen molar-refractivity contribution < 1.29 is 28.3 Å². The summed E-state index contributed by atoms with van der Waals surface area (Å²) in [6.45, 7) is 3.16. The zero-order valence-corrected chi connectivity index (χ0v) is 18.9. The molecule has 0 unspecified atom stereocenters. The van der Waals surface area contributed by atoms with Crippen LogP contribution >= 0.6 is 0 Å². The van der Waals surface area contributed by atoms with Gasteiger partial charge in [0.05, 0.1) is 44.0 Å². The maximum absolute atomic E-state index is 15.0. The number of benzene rings is 2. The van der Waals surface area contributed by atoms with E-state index in [4.69, 9.17) is 9.57 Å². The first-order valence-corrected chi connectivity index (χ1v) is 11.1. The van der Waals surface area contributed by atoms with Crippen LogP contribution in [-0.4, -0.2) is 68.4 Å². The molecule has 2 aliphatic rings. The summed E-state index contributed by atoms with van der Waals surface area (Å²) in [6.07, 6.45) is -0.849. The minimum atomic E-state index is -0.585. The van der Waals surface area contributed by atoms with Gasteiger partial charge in [-0.2, -0.15) is 0 Å². The molecule has 0 bridgehead atoms. The van der Waals surface area contributed by atoms with Crippen molar-refractivity contribution in [3.05, 3.63) is 59.9 Å². The topological polar surface area (TPSA) is 91.4 Å². The summed E-state index contributed by atoms with van der Waals surface area (Å²) < 4.78 is 20.3. The zero-order chi connectivity index (χ0) is 24.1. The van der Waals surface area contributed by atoms with Crippen molar-refractivity contribution in [2.45, 2.75) is 19.4 Å². The van der Waals surface area contributed by atoms with E-state index >= 15 is 4.39 Å². The number of hydrogen-bond donors (Lipinski definition) is 1. The molecule has 34 heavy (non-hydrogen) atoms. The molecule has 0 aliphatic carbocycles. The Kier molecular flexibility index (Phi) is 7.27. The molecule has 2 aliphatic heterocycles. The third-order valence-electron chi connectivity index (χ3n) is 5.69. The zero-order valence-electron chi connectivity index (χ0n) is 18.9. The number of nitrogens with zero attached hydrogens (tertiary/aromatic N) is 3. The van der Waals surface area contributed by atoms with E-state index in [2.05, 4.69) is 5.32 Å². The SMILES string of the molecule is CC(=O)NC[C@H]1CN(c2ccc(N3CCON(C(=O)Cc4ccccc4)CC3)c(F)c2)C(=O)O1. The third kappa shape index (κ3) is 5.63.